The number of amides is 1. The van der Waals surface area contributed by atoms with Gasteiger partial charge in [0.15, 0.2) is 0 Å². The maximum atomic E-state index is 11.8. The number of carbonyl (C=O) groups is 1. The minimum absolute atomic E-state index is 0.0131. The van der Waals surface area contributed by atoms with Crippen molar-refractivity contribution in [1.29, 1.82) is 0 Å². The number of hydrogen-bond donors (Lipinski definition) is 3. The third-order valence-corrected chi connectivity index (χ3v) is 5.21. The molecule has 0 radical (unpaired) electrons. The summed E-state index contributed by atoms with van der Waals surface area (Å²) in [6.07, 6.45) is 5.99. The first kappa shape index (κ1) is 19.3. The van der Waals surface area contributed by atoms with E-state index in [4.69, 9.17) is 4.74 Å². The molecule has 1 amide bonds. The molecule has 2 heterocycles. The first-order valence-electron chi connectivity index (χ1n) is 9.40. The first-order chi connectivity index (χ1) is 13.1. The molecular weight excluding hydrogens is 352 g/mol. The van der Waals surface area contributed by atoms with Gasteiger partial charge < -0.3 is 20.7 Å². The number of nitrogens with one attached hydrogen (secondary N) is 3. The maximum Gasteiger partial charge on any atom is 0.329 e. The van der Waals surface area contributed by atoms with Gasteiger partial charge in [0, 0.05) is 38.3 Å². The Morgan fingerprint density at radius 2 is 1.81 bits per heavy atom. The molecule has 2 aliphatic rings. The summed E-state index contributed by atoms with van der Waals surface area (Å²) in [4.78, 5) is 31.1. The molecule has 1 aromatic rings. The van der Waals surface area contributed by atoms with Gasteiger partial charge in [0.05, 0.1) is 4.92 Å². The quantitative estimate of drug-likeness (QED) is 0.503. The van der Waals surface area contributed by atoms with Crippen molar-refractivity contribution in [3.63, 3.8) is 0 Å². The van der Waals surface area contributed by atoms with Gasteiger partial charge in [0.25, 0.3) is 0 Å². The van der Waals surface area contributed by atoms with E-state index in [1.54, 1.807) is 7.05 Å². The monoisotopic (exact) mass is 378 g/mol. The molecule has 27 heavy (non-hydrogen) atoms. The van der Waals surface area contributed by atoms with Crippen LogP contribution in [0.1, 0.15) is 38.5 Å². The fraction of sp³-hybridized carbons (Fsp3) is 0.706. The van der Waals surface area contributed by atoms with E-state index >= 15 is 0 Å². The first-order valence-corrected chi connectivity index (χ1v) is 9.40. The van der Waals surface area contributed by atoms with E-state index < -0.39 is 4.92 Å². The Morgan fingerprint density at radius 1 is 1.15 bits per heavy atom. The SMILES string of the molecule is CNC(=O)[C@H]1CC[C@H](Nc2nc(NC3CCOCC3)ncc2[N+](=O)[O-])CC1. The lowest BCUT2D eigenvalue weighted by Gasteiger charge is -2.28. The fourth-order valence-corrected chi connectivity index (χ4v) is 3.61. The van der Waals surface area contributed by atoms with Crippen molar-refractivity contribution >= 4 is 23.4 Å². The van der Waals surface area contributed by atoms with Gasteiger partial charge in [-0.05, 0) is 38.5 Å². The molecule has 0 unspecified atom stereocenters. The minimum Gasteiger partial charge on any atom is -0.381 e. The highest BCUT2D eigenvalue weighted by Gasteiger charge is 2.28. The van der Waals surface area contributed by atoms with Gasteiger partial charge in [-0.2, -0.15) is 4.98 Å². The van der Waals surface area contributed by atoms with Crippen LogP contribution in [0.5, 0.6) is 0 Å². The third-order valence-electron chi connectivity index (χ3n) is 5.21. The van der Waals surface area contributed by atoms with Crippen LogP contribution in [0.25, 0.3) is 0 Å². The molecule has 0 bridgehead atoms. The third kappa shape index (κ3) is 5.03. The summed E-state index contributed by atoms with van der Waals surface area (Å²) in [7, 11) is 1.64. The molecular formula is C17H26N6O4. The highest BCUT2D eigenvalue weighted by atomic mass is 16.6. The summed E-state index contributed by atoms with van der Waals surface area (Å²) >= 11 is 0. The lowest BCUT2D eigenvalue weighted by molar-refractivity contribution is -0.384. The second-order valence-corrected chi connectivity index (χ2v) is 7.02. The smallest absolute Gasteiger partial charge is 0.329 e. The van der Waals surface area contributed by atoms with Crippen LogP contribution >= 0.6 is 0 Å². The summed E-state index contributed by atoms with van der Waals surface area (Å²) in [5.41, 5.74) is -0.138. The topological polar surface area (TPSA) is 131 Å². The lowest BCUT2D eigenvalue weighted by atomic mass is 9.85. The molecule has 1 aromatic heterocycles. The van der Waals surface area contributed by atoms with Gasteiger partial charge in [-0.3, -0.25) is 14.9 Å². The molecule has 148 valence electrons. The highest BCUT2D eigenvalue weighted by Crippen LogP contribution is 2.30. The molecule has 3 N–H and O–H groups in total. The Labute approximate surface area is 157 Å². The van der Waals surface area contributed by atoms with Crippen LogP contribution in [-0.4, -0.2) is 53.1 Å². The average molecular weight is 378 g/mol. The van der Waals surface area contributed by atoms with Crippen LogP contribution in [0.4, 0.5) is 17.5 Å². The largest absolute Gasteiger partial charge is 0.381 e. The summed E-state index contributed by atoms with van der Waals surface area (Å²) in [5.74, 6) is 0.686. The number of aromatic nitrogens is 2. The zero-order chi connectivity index (χ0) is 19.2. The van der Waals surface area contributed by atoms with E-state index in [0.717, 1.165) is 38.5 Å². The van der Waals surface area contributed by atoms with E-state index in [-0.39, 0.29) is 35.4 Å². The van der Waals surface area contributed by atoms with Crippen LogP contribution in [0.2, 0.25) is 0 Å². The molecule has 10 nitrogen and oxygen atoms in total. The highest BCUT2D eigenvalue weighted by molar-refractivity contribution is 5.78. The number of nitro groups is 1. The lowest BCUT2D eigenvalue weighted by Crippen LogP contribution is -2.34. The van der Waals surface area contributed by atoms with Gasteiger partial charge in [0.1, 0.15) is 6.20 Å². The summed E-state index contributed by atoms with van der Waals surface area (Å²) in [6, 6.07) is 0.256. The van der Waals surface area contributed by atoms with Crippen LogP contribution in [-0.2, 0) is 9.53 Å². The summed E-state index contributed by atoms with van der Waals surface area (Å²) < 4.78 is 5.33. The standard InChI is InChI=1S/C17H26N6O4/c1-18-16(24)11-2-4-12(5-3-11)20-15-14(23(25)26)10-19-17(22-15)21-13-6-8-27-9-7-13/h10-13H,2-9H2,1H3,(H,18,24)(H2,19,20,21,22)/t11-,12-. The molecule has 0 spiro atoms. The second-order valence-electron chi connectivity index (χ2n) is 7.02. The summed E-state index contributed by atoms with van der Waals surface area (Å²) in [6.45, 7) is 1.37. The number of rotatable bonds is 6. The van der Waals surface area contributed by atoms with Crippen molar-refractivity contribution in [1.82, 2.24) is 15.3 Å². The fourth-order valence-electron chi connectivity index (χ4n) is 3.61. The number of anilines is 2. The molecule has 10 heteroatoms. The Morgan fingerprint density at radius 3 is 2.44 bits per heavy atom. The van der Waals surface area contributed by atoms with Crippen molar-refractivity contribution in [3.05, 3.63) is 16.3 Å². The molecule has 1 aliphatic carbocycles. The number of nitrogens with zero attached hydrogens (tertiary/aromatic N) is 3. The number of carbonyl (C=O) groups excluding carboxylic acids is 1. The van der Waals surface area contributed by atoms with Crippen LogP contribution in [0.3, 0.4) is 0 Å². The van der Waals surface area contributed by atoms with E-state index in [1.807, 2.05) is 0 Å². The maximum absolute atomic E-state index is 11.8. The van der Waals surface area contributed by atoms with Crippen LogP contribution in [0, 0.1) is 16.0 Å². The molecule has 1 saturated heterocycles. The van der Waals surface area contributed by atoms with Crippen molar-refractivity contribution in [2.24, 2.45) is 5.92 Å². The minimum atomic E-state index is -0.475. The predicted octanol–water partition coefficient (Wildman–Crippen LogP) is 1.69. The summed E-state index contributed by atoms with van der Waals surface area (Å²) in [5, 5.41) is 20.5. The molecule has 0 atom stereocenters. The Balaban J connectivity index is 1.66. The zero-order valence-electron chi connectivity index (χ0n) is 15.4. The van der Waals surface area contributed by atoms with E-state index in [0.29, 0.717) is 19.2 Å². The van der Waals surface area contributed by atoms with Crippen molar-refractivity contribution in [2.75, 3.05) is 30.9 Å². The van der Waals surface area contributed by atoms with Crippen molar-refractivity contribution < 1.29 is 14.5 Å². The number of ether oxygens (including phenoxy) is 1. The zero-order valence-corrected chi connectivity index (χ0v) is 15.4. The van der Waals surface area contributed by atoms with Gasteiger partial charge >= 0.3 is 5.69 Å². The molecule has 0 aromatic carbocycles. The molecule has 1 aliphatic heterocycles. The number of hydrogen-bond acceptors (Lipinski definition) is 8. The second kappa shape index (κ2) is 8.94. The van der Waals surface area contributed by atoms with E-state index in [2.05, 4.69) is 25.9 Å². The van der Waals surface area contributed by atoms with Crippen molar-refractivity contribution in [2.45, 2.75) is 50.6 Å². The molecule has 3 rings (SSSR count). The Kier molecular flexibility index (Phi) is 6.38. The van der Waals surface area contributed by atoms with E-state index in [1.165, 1.54) is 6.20 Å². The van der Waals surface area contributed by atoms with Gasteiger partial charge in [-0.15, -0.1) is 0 Å². The predicted molar refractivity (Wildman–Crippen MR) is 99.6 cm³/mol. The Bertz CT molecular complexity index is 671. The van der Waals surface area contributed by atoms with Crippen LogP contribution in [0.15, 0.2) is 6.20 Å². The van der Waals surface area contributed by atoms with E-state index in [9.17, 15) is 14.9 Å². The Hall–Kier alpha value is -2.49. The van der Waals surface area contributed by atoms with Gasteiger partial charge in [-0.25, -0.2) is 4.98 Å². The molecule has 1 saturated carbocycles. The van der Waals surface area contributed by atoms with Crippen LogP contribution < -0.4 is 16.0 Å². The van der Waals surface area contributed by atoms with Gasteiger partial charge in [0.2, 0.25) is 17.7 Å². The molecule has 2 fully saturated rings. The van der Waals surface area contributed by atoms with Crippen molar-refractivity contribution in [3.8, 4) is 0 Å². The van der Waals surface area contributed by atoms with Gasteiger partial charge in [-0.1, -0.05) is 0 Å². The normalized spacial score (nSPS) is 23.4. The average Bonchev–Trinajstić information content (AvgIpc) is 2.69.